The summed E-state index contributed by atoms with van der Waals surface area (Å²) in [6.45, 7) is 1.85. The van der Waals surface area contributed by atoms with Crippen molar-refractivity contribution in [2.24, 2.45) is 0 Å². The van der Waals surface area contributed by atoms with E-state index < -0.39 is 30.1 Å². The van der Waals surface area contributed by atoms with Gasteiger partial charge in [-0.1, -0.05) is 24.8 Å². The second kappa shape index (κ2) is 8.67. The van der Waals surface area contributed by atoms with Gasteiger partial charge in [0.1, 0.15) is 16.7 Å². The fourth-order valence-corrected chi connectivity index (χ4v) is 4.57. The van der Waals surface area contributed by atoms with Gasteiger partial charge in [-0.05, 0) is 24.5 Å². The van der Waals surface area contributed by atoms with Crippen LogP contribution < -0.4 is 10.2 Å². The van der Waals surface area contributed by atoms with E-state index in [-0.39, 0.29) is 4.88 Å². The molecule has 2 aromatic rings. The number of urea groups is 1. The van der Waals surface area contributed by atoms with Gasteiger partial charge in [0.2, 0.25) is 0 Å². The van der Waals surface area contributed by atoms with Gasteiger partial charge in [0.05, 0.1) is 12.3 Å². The van der Waals surface area contributed by atoms with Gasteiger partial charge in [0.15, 0.2) is 4.34 Å². The Balaban J connectivity index is 1.67. The summed E-state index contributed by atoms with van der Waals surface area (Å²) in [5, 5.41) is 21.1. The molecule has 0 radical (unpaired) electrons. The molecular weight excluding hydrogens is 404 g/mol. The zero-order valence-electron chi connectivity index (χ0n) is 14.9. The maximum absolute atomic E-state index is 12.2. The number of nitrogens with zero attached hydrogens (tertiary/aromatic N) is 3. The average molecular weight is 422 g/mol. The van der Waals surface area contributed by atoms with Crippen LogP contribution in [0.5, 0.6) is 0 Å². The summed E-state index contributed by atoms with van der Waals surface area (Å²) >= 11 is 2.39. The Morgan fingerprint density at radius 1 is 1.36 bits per heavy atom. The summed E-state index contributed by atoms with van der Waals surface area (Å²) in [5.74, 6) is -0.636. The quantitative estimate of drug-likeness (QED) is 0.436. The Morgan fingerprint density at radius 3 is 2.75 bits per heavy atom. The third-order valence-electron chi connectivity index (χ3n) is 4.16. The first-order valence-electron chi connectivity index (χ1n) is 8.50. The third kappa shape index (κ3) is 4.32. The lowest BCUT2D eigenvalue weighted by Gasteiger charge is -2.21. The van der Waals surface area contributed by atoms with Gasteiger partial charge in [-0.25, -0.2) is 19.6 Å². The number of carbonyl (C=O) groups is 3. The zero-order chi connectivity index (χ0) is 20.3. The standard InChI is InChI=1S/C17H18N4O5S2/c1-2-11(22)9-3-4-13(18-7-9)21-10(14(23)20-16(21)26)5-6-27-17-19-8-12(28-17)15(24)25/h3-4,7-8,10-11,22H,2,5-6H2,1H3,(H,24,25)(H,20,23,26). The van der Waals surface area contributed by atoms with Crippen LogP contribution in [0.25, 0.3) is 0 Å². The highest BCUT2D eigenvalue weighted by molar-refractivity contribution is 8.01. The van der Waals surface area contributed by atoms with Crippen LogP contribution in [0, 0.1) is 0 Å². The summed E-state index contributed by atoms with van der Waals surface area (Å²) in [6, 6.07) is 2.03. The lowest BCUT2D eigenvalue weighted by Crippen LogP contribution is -2.36. The molecule has 2 aromatic heterocycles. The summed E-state index contributed by atoms with van der Waals surface area (Å²) in [4.78, 5) is 45.0. The van der Waals surface area contributed by atoms with E-state index in [0.29, 0.717) is 34.3 Å². The Hall–Kier alpha value is -2.50. The normalized spacial score (nSPS) is 17.6. The molecule has 0 bridgehead atoms. The number of hydrogen-bond acceptors (Lipinski definition) is 8. The van der Waals surface area contributed by atoms with Gasteiger partial charge in [-0.2, -0.15) is 0 Å². The number of nitrogens with one attached hydrogen (secondary N) is 1. The van der Waals surface area contributed by atoms with Crippen molar-refractivity contribution in [2.45, 2.75) is 36.3 Å². The lowest BCUT2D eigenvalue weighted by atomic mass is 10.1. The maximum Gasteiger partial charge on any atom is 0.347 e. The van der Waals surface area contributed by atoms with Crippen molar-refractivity contribution in [3.63, 3.8) is 0 Å². The predicted octanol–water partition coefficient (Wildman–Crippen LogP) is 2.29. The van der Waals surface area contributed by atoms with Crippen molar-refractivity contribution in [3.05, 3.63) is 35.0 Å². The molecule has 0 aromatic carbocycles. The number of thiazole rings is 1. The Bertz CT molecular complexity index is 886. The van der Waals surface area contributed by atoms with E-state index in [1.165, 1.54) is 29.1 Å². The fraction of sp³-hybridized carbons (Fsp3) is 0.353. The first-order valence-corrected chi connectivity index (χ1v) is 10.3. The van der Waals surface area contributed by atoms with E-state index in [2.05, 4.69) is 15.3 Å². The molecule has 3 heterocycles. The summed E-state index contributed by atoms with van der Waals surface area (Å²) in [5.41, 5.74) is 0.641. The molecule has 0 saturated carbocycles. The second-order valence-corrected chi connectivity index (χ2v) is 8.36. The number of carboxylic acid groups (broad SMARTS) is 1. The highest BCUT2D eigenvalue weighted by atomic mass is 32.2. The molecule has 1 saturated heterocycles. The molecule has 3 rings (SSSR count). The summed E-state index contributed by atoms with van der Waals surface area (Å²) in [6.07, 6.45) is 3.06. The number of aromatic carboxylic acids is 1. The van der Waals surface area contributed by atoms with Crippen molar-refractivity contribution in [1.82, 2.24) is 15.3 Å². The number of amides is 3. The van der Waals surface area contributed by atoms with Crippen molar-refractivity contribution in [1.29, 1.82) is 0 Å². The minimum atomic E-state index is -1.03. The number of aromatic nitrogens is 2. The van der Waals surface area contributed by atoms with Crippen molar-refractivity contribution in [3.8, 4) is 0 Å². The molecular formula is C17H18N4O5S2. The minimum Gasteiger partial charge on any atom is -0.477 e. The smallest absolute Gasteiger partial charge is 0.347 e. The van der Waals surface area contributed by atoms with Crippen LogP contribution in [-0.2, 0) is 4.79 Å². The molecule has 11 heteroatoms. The summed E-state index contributed by atoms with van der Waals surface area (Å²) < 4.78 is 0.588. The number of carboxylic acids is 1. The van der Waals surface area contributed by atoms with E-state index in [9.17, 15) is 19.5 Å². The number of anilines is 1. The molecule has 3 amide bonds. The highest BCUT2D eigenvalue weighted by Crippen LogP contribution is 2.28. The molecule has 148 valence electrons. The van der Waals surface area contributed by atoms with Gasteiger partial charge < -0.3 is 10.2 Å². The molecule has 2 atom stereocenters. The van der Waals surface area contributed by atoms with Crippen LogP contribution in [0.1, 0.15) is 41.1 Å². The van der Waals surface area contributed by atoms with Gasteiger partial charge in [0, 0.05) is 11.9 Å². The molecule has 1 aliphatic heterocycles. The van der Waals surface area contributed by atoms with Crippen molar-refractivity contribution >= 4 is 46.8 Å². The van der Waals surface area contributed by atoms with Gasteiger partial charge in [-0.3, -0.25) is 15.0 Å². The van der Waals surface area contributed by atoms with E-state index in [4.69, 9.17) is 5.11 Å². The van der Waals surface area contributed by atoms with Crippen LogP contribution in [0.15, 0.2) is 28.9 Å². The van der Waals surface area contributed by atoms with Crippen LogP contribution in [0.2, 0.25) is 0 Å². The zero-order valence-corrected chi connectivity index (χ0v) is 16.5. The number of thioether (sulfide) groups is 1. The molecule has 1 fully saturated rings. The molecule has 0 spiro atoms. The first-order chi connectivity index (χ1) is 13.4. The third-order valence-corrected chi connectivity index (χ3v) is 6.34. The average Bonchev–Trinajstić information content (AvgIpc) is 3.26. The van der Waals surface area contributed by atoms with E-state index in [1.807, 2.05) is 6.92 Å². The van der Waals surface area contributed by atoms with Gasteiger partial charge in [0.25, 0.3) is 5.91 Å². The van der Waals surface area contributed by atoms with Crippen LogP contribution in [0.4, 0.5) is 10.6 Å². The molecule has 28 heavy (non-hydrogen) atoms. The van der Waals surface area contributed by atoms with E-state index in [0.717, 1.165) is 11.3 Å². The first kappa shape index (κ1) is 20.2. The van der Waals surface area contributed by atoms with Gasteiger partial charge >= 0.3 is 12.0 Å². The Labute approximate surface area is 168 Å². The number of hydrogen-bond donors (Lipinski definition) is 3. The molecule has 3 N–H and O–H groups in total. The highest BCUT2D eigenvalue weighted by Gasteiger charge is 2.39. The number of imide groups is 1. The van der Waals surface area contributed by atoms with Gasteiger partial charge in [-0.15, -0.1) is 11.3 Å². The van der Waals surface area contributed by atoms with Crippen molar-refractivity contribution < 1.29 is 24.6 Å². The van der Waals surface area contributed by atoms with Crippen LogP contribution >= 0.6 is 23.1 Å². The molecule has 9 nitrogen and oxygen atoms in total. The van der Waals surface area contributed by atoms with Crippen molar-refractivity contribution in [2.75, 3.05) is 10.7 Å². The number of aliphatic hydroxyl groups is 1. The minimum absolute atomic E-state index is 0.150. The van der Waals surface area contributed by atoms with Crippen LogP contribution in [0.3, 0.4) is 0 Å². The van der Waals surface area contributed by atoms with Crippen LogP contribution in [-0.4, -0.2) is 49.9 Å². The van der Waals surface area contributed by atoms with E-state index >= 15 is 0 Å². The fourth-order valence-electron chi connectivity index (χ4n) is 2.69. The number of carbonyl (C=O) groups excluding carboxylic acids is 2. The van der Waals surface area contributed by atoms with E-state index in [1.54, 1.807) is 12.1 Å². The predicted molar refractivity (Wildman–Crippen MR) is 104 cm³/mol. The monoisotopic (exact) mass is 422 g/mol. The largest absolute Gasteiger partial charge is 0.477 e. The summed E-state index contributed by atoms with van der Waals surface area (Å²) in [7, 11) is 0. The lowest BCUT2D eigenvalue weighted by molar-refractivity contribution is -0.119. The Morgan fingerprint density at radius 2 is 2.14 bits per heavy atom. The second-order valence-electron chi connectivity index (χ2n) is 5.99. The molecule has 2 unspecified atom stereocenters. The SMILES string of the molecule is CCC(O)c1ccc(N2C(=O)NC(=O)C2CCSc2ncc(C(=O)O)s2)nc1. The maximum atomic E-state index is 12.2. The molecule has 1 aliphatic rings. The Kier molecular flexibility index (Phi) is 6.27. The topological polar surface area (TPSA) is 133 Å². The number of aliphatic hydroxyl groups excluding tert-OH is 1. The molecule has 0 aliphatic carbocycles. The number of pyridine rings is 1. The number of rotatable bonds is 8.